The number of hydrogen-bond donors (Lipinski definition) is 2. The van der Waals surface area contributed by atoms with E-state index in [1.165, 1.54) is 4.31 Å². The molecule has 0 atom stereocenters. The van der Waals surface area contributed by atoms with Crippen LogP contribution in [0.4, 0.5) is 34.9 Å². The van der Waals surface area contributed by atoms with Gasteiger partial charge in [0.15, 0.2) is 0 Å². The molecule has 17 heteroatoms. The number of aryl methyl sites for hydroxylation is 4. The summed E-state index contributed by atoms with van der Waals surface area (Å²) in [5, 5.41) is 8.51. The van der Waals surface area contributed by atoms with E-state index in [1.807, 2.05) is 109 Å². The summed E-state index contributed by atoms with van der Waals surface area (Å²) in [6.07, 6.45) is 1.38. The van der Waals surface area contributed by atoms with Crippen LogP contribution in [0.1, 0.15) is 22.5 Å². The quantitative estimate of drug-likeness (QED) is 0.100. The van der Waals surface area contributed by atoms with E-state index in [9.17, 15) is 16.8 Å². The number of nitrogens with one attached hydrogen (secondary N) is 2. The minimum Gasteiger partial charge on any atom is -0.457 e. The van der Waals surface area contributed by atoms with Crippen molar-refractivity contribution in [2.75, 3.05) is 72.8 Å². The molecule has 2 fully saturated rings. The van der Waals surface area contributed by atoms with Crippen molar-refractivity contribution in [2.24, 2.45) is 0 Å². The molecule has 10 rings (SSSR count). The lowest BCUT2D eigenvalue weighted by molar-refractivity contribution is 0.382. The molecule has 2 saturated heterocycles. The Bertz CT molecular complexity index is 3360. The van der Waals surface area contributed by atoms with Crippen LogP contribution in [-0.2, 0) is 32.9 Å². The van der Waals surface area contributed by atoms with Gasteiger partial charge in [0.1, 0.15) is 23.1 Å². The zero-order chi connectivity index (χ0) is 49.0. The Morgan fingerprint density at radius 1 is 0.507 bits per heavy atom. The summed E-state index contributed by atoms with van der Waals surface area (Å²) in [6.45, 7) is 6.96. The van der Waals surface area contributed by atoms with E-state index >= 15 is 0 Å². The number of ether oxygens (including phenoxy) is 1. The average molecular weight is 987 g/mol. The second kappa shape index (κ2) is 20.5. The summed E-state index contributed by atoms with van der Waals surface area (Å²) in [6, 6.07) is 49.1. The van der Waals surface area contributed by atoms with Gasteiger partial charge < -0.3 is 25.2 Å². The number of rotatable bonds is 15. The lowest BCUT2D eigenvalue weighted by Crippen LogP contribution is -2.49. The first-order valence-electron chi connectivity index (χ1n) is 23.7. The third-order valence-electron chi connectivity index (χ3n) is 12.7. The van der Waals surface area contributed by atoms with Crippen LogP contribution in [-0.4, -0.2) is 97.7 Å². The zero-order valence-electron chi connectivity index (χ0n) is 39.5. The van der Waals surface area contributed by atoms with Crippen molar-refractivity contribution >= 4 is 65.7 Å². The molecule has 0 amide bonds. The molecule has 0 radical (unpaired) electrons. The van der Waals surface area contributed by atoms with Crippen LogP contribution < -0.4 is 25.2 Å². The maximum absolute atomic E-state index is 13.9. The number of benzene rings is 6. The highest BCUT2D eigenvalue weighted by atomic mass is 32.2. The third kappa shape index (κ3) is 11.0. The largest absolute Gasteiger partial charge is 0.457 e. The Hall–Kier alpha value is -7.44. The normalized spacial score (nSPS) is 14.9. The molecule has 362 valence electrons. The van der Waals surface area contributed by atoms with Gasteiger partial charge in [-0.1, -0.05) is 84.4 Å². The van der Waals surface area contributed by atoms with Crippen LogP contribution in [0.15, 0.2) is 168 Å². The molecule has 0 unspecified atom stereocenters. The number of fused-ring (bicyclic) bond motifs is 1. The van der Waals surface area contributed by atoms with Crippen molar-refractivity contribution in [3.63, 3.8) is 0 Å². The van der Waals surface area contributed by atoms with Crippen molar-refractivity contribution < 1.29 is 21.6 Å². The van der Waals surface area contributed by atoms with E-state index in [4.69, 9.17) is 24.7 Å². The number of aromatic nitrogens is 4. The summed E-state index contributed by atoms with van der Waals surface area (Å²) in [5.41, 5.74) is 5.71. The molecule has 0 aliphatic carbocycles. The average Bonchev–Trinajstić information content (AvgIpc) is 3.39. The van der Waals surface area contributed by atoms with E-state index in [1.54, 1.807) is 40.7 Å². The van der Waals surface area contributed by atoms with Gasteiger partial charge in [-0.05, 0) is 104 Å². The van der Waals surface area contributed by atoms with E-state index in [-0.39, 0.29) is 4.90 Å². The molecule has 2 N–H and O–H groups in total. The van der Waals surface area contributed by atoms with Crippen molar-refractivity contribution in [3.05, 3.63) is 180 Å². The summed E-state index contributed by atoms with van der Waals surface area (Å²) < 4.78 is 64.0. The molecule has 15 nitrogen and oxygen atoms in total. The fourth-order valence-electron chi connectivity index (χ4n) is 8.81. The Balaban J connectivity index is 0.768. The molecule has 0 bridgehead atoms. The molecule has 71 heavy (non-hydrogen) atoms. The topological polar surface area (TPSA) is 166 Å². The summed E-state index contributed by atoms with van der Waals surface area (Å²) in [5.74, 6) is 3.65. The number of hydrogen-bond acceptors (Lipinski definition) is 13. The van der Waals surface area contributed by atoms with Gasteiger partial charge >= 0.3 is 0 Å². The number of sulfonamides is 2. The highest BCUT2D eigenvalue weighted by molar-refractivity contribution is 7.89. The fourth-order valence-corrected chi connectivity index (χ4v) is 11.9. The van der Waals surface area contributed by atoms with Crippen molar-refractivity contribution in [3.8, 4) is 11.5 Å². The van der Waals surface area contributed by atoms with Crippen molar-refractivity contribution in [2.45, 2.75) is 36.5 Å². The fraction of sp³-hybridized carbons (Fsp3) is 0.222. The van der Waals surface area contributed by atoms with Gasteiger partial charge in [0.25, 0.3) is 0 Å². The second-order valence-corrected chi connectivity index (χ2v) is 21.5. The number of piperazine rings is 2. The zero-order valence-corrected chi connectivity index (χ0v) is 41.2. The first-order chi connectivity index (χ1) is 34.4. The molecule has 6 aromatic carbocycles. The summed E-state index contributed by atoms with van der Waals surface area (Å²) >= 11 is 0. The maximum Gasteiger partial charge on any atom is 0.243 e. The number of anilines is 6. The van der Waals surface area contributed by atoms with Crippen LogP contribution in [0.2, 0.25) is 0 Å². The molecule has 0 saturated carbocycles. The maximum atomic E-state index is 13.9. The smallest absolute Gasteiger partial charge is 0.243 e. The Morgan fingerprint density at radius 3 is 1.72 bits per heavy atom. The van der Waals surface area contributed by atoms with E-state index in [0.29, 0.717) is 98.7 Å². The molecular formula is C54H54N10O5S2. The molecule has 8 aromatic rings. The third-order valence-corrected chi connectivity index (χ3v) is 16.6. The van der Waals surface area contributed by atoms with Gasteiger partial charge in [0, 0.05) is 92.6 Å². The van der Waals surface area contributed by atoms with Crippen molar-refractivity contribution in [1.29, 1.82) is 0 Å². The first kappa shape index (κ1) is 47.2. The number of para-hydroxylation sites is 1. The first-order valence-corrected chi connectivity index (χ1v) is 26.6. The van der Waals surface area contributed by atoms with Gasteiger partial charge in [0.2, 0.25) is 31.9 Å². The van der Waals surface area contributed by atoms with Gasteiger partial charge in [-0.3, -0.25) is 0 Å². The highest BCUT2D eigenvalue weighted by Gasteiger charge is 2.32. The Labute approximate surface area is 414 Å². The van der Waals surface area contributed by atoms with Crippen LogP contribution in [0.5, 0.6) is 11.5 Å². The molecular weight excluding hydrogens is 933 g/mol. The highest BCUT2D eigenvalue weighted by Crippen LogP contribution is 2.30. The predicted molar refractivity (Wildman–Crippen MR) is 279 cm³/mol. The van der Waals surface area contributed by atoms with Crippen molar-refractivity contribution in [1.82, 2.24) is 28.5 Å². The van der Waals surface area contributed by atoms with Crippen LogP contribution in [0, 0.1) is 13.8 Å². The lowest BCUT2D eigenvalue weighted by atomic mass is 10.1. The monoisotopic (exact) mass is 986 g/mol. The van der Waals surface area contributed by atoms with Crippen LogP contribution >= 0.6 is 0 Å². The van der Waals surface area contributed by atoms with Gasteiger partial charge in [-0.2, -0.15) is 18.6 Å². The number of nitrogens with zero attached hydrogens (tertiary/aromatic N) is 8. The Morgan fingerprint density at radius 2 is 1.06 bits per heavy atom. The summed E-state index contributed by atoms with van der Waals surface area (Å²) in [7, 11) is -7.43. The molecule has 2 aliphatic heterocycles. The summed E-state index contributed by atoms with van der Waals surface area (Å²) in [4.78, 5) is 24.1. The van der Waals surface area contributed by atoms with E-state index in [2.05, 4.69) is 46.7 Å². The minimum atomic E-state index is -3.72. The van der Waals surface area contributed by atoms with Gasteiger partial charge in [-0.15, -0.1) is 0 Å². The molecule has 4 heterocycles. The SMILES string of the molecule is Cc1ccc(Nc2cc(CCc3ccc(Nc4cc(C)nc(N5CCN(S(=O)(=O)c6ccc(Oc7ccccc7)cc6)CC5)n4)cc3)nc(N3CCN(S(=O)(=O)c4cccc5ccccc45)CC3)n2)cc1. The molecule has 0 spiro atoms. The van der Waals surface area contributed by atoms with E-state index < -0.39 is 20.0 Å². The van der Waals surface area contributed by atoms with E-state index in [0.717, 1.165) is 51.1 Å². The van der Waals surface area contributed by atoms with Gasteiger partial charge in [-0.25, -0.2) is 26.8 Å². The van der Waals surface area contributed by atoms with Gasteiger partial charge in [0.05, 0.1) is 9.79 Å². The predicted octanol–water partition coefficient (Wildman–Crippen LogP) is 9.12. The molecule has 2 aliphatic rings. The van der Waals surface area contributed by atoms with Crippen LogP contribution in [0.3, 0.4) is 0 Å². The minimum absolute atomic E-state index is 0.218. The van der Waals surface area contributed by atoms with Crippen LogP contribution in [0.25, 0.3) is 10.8 Å². The lowest BCUT2D eigenvalue weighted by Gasteiger charge is -2.34. The Kier molecular flexibility index (Phi) is 13.6. The molecule has 2 aromatic heterocycles. The standard InChI is InChI=1S/C54H54N10O5S2/c1-39-15-20-43(21-16-39)57-52-38-45(58-54(60-52)62-31-35-64(36-32-62)71(67,68)50-14-8-10-42-9-6-7-13-49(42)50)24-19-41-17-22-44(23-18-41)56-51-37-40(2)55-53(59-51)61-29-33-63(34-30-61)70(65,66)48-27-25-47(26-28-48)69-46-11-4-3-5-12-46/h3-18,20-23,25-28,37-38H,19,24,29-36H2,1-2H3,(H,55,56,59)(H,57,58,60). The second-order valence-electron chi connectivity index (χ2n) is 17.7.